The highest BCUT2D eigenvalue weighted by Crippen LogP contribution is 2.34. The zero-order valence-electron chi connectivity index (χ0n) is 19.6. The van der Waals surface area contributed by atoms with Gasteiger partial charge in [0.2, 0.25) is 0 Å². The Hall–Kier alpha value is -3.69. The number of hydrogen-bond acceptors (Lipinski definition) is 5. The summed E-state index contributed by atoms with van der Waals surface area (Å²) < 4.78 is 12.4. The van der Waals surface area contributed by atoms with Crippen LogP contribution < -0.4 is 14.9 Å². The number of methoxy groups -OCH3 is 1. The molecule has 182 valence electrons. The minimum Gasteiger partial charge on any atom is -0.493 e. The zero-order chi connectivity index (χ0) is 25.4. The number of nitrogens with zero attached hydrogens (tertiary/aromatic N) is 1. The van der Waals surface area contributed by atoms with Crippen molar-refractivity contribution in [3.63, 3.8) is 0 Å². The highest BCUT2D eigenvalue weighted by atomic mass is 127. The molecule has 4 aromatic rings. The largest absolute Gasteiger partial charge is 0.493 e. The molecule has 1 amide bonds. The number of rotatable bonds is 9. The van der Waals surface area contributed by atoms with Crippen molar-refractivity contribution in [1.82, 2.24) is 5.43 Å². The molecular weight excluding hydrogens is 567 g/mol. The predicted molar refractivity (Wildman–Crippen MR) is 148 cm³/mol. The van der Waals surface area contributed by atoms with Crippen molar-refractivity contribution in [2.75, 3.05) is 7.11 Å². The molecule has 2 N–H and O–H groups in total. The van der Waals surface area contributed by atoms with Crippen molar-refractivity contribution in [2.45, 2.75) is 12.2 Å². The molecule has 0 atom stereocenters. The molecule has 0 spiro atoms. The van der Waals surface area contributed by atoms with Crippen molar-refractivity contribution in [3.8, 4) is 11.5 Å². The topological polar surface area (TPSA) is 80.2 Å². The first kappa shape index (κ1) is 25.4. The average molecular weight is 592 g/mol. The molecule has 4 aromatic carbocycles. The van der Waals surface area contributed by atoms with Gasteiger partial charge in [0.25, 0.3) is 5.91 Å². The minimum atomic E-state index is -1.90. The van der Waals surface area contributed by atoms with Gasteiger partial charge in [0.1, 0.15) is 6.61 Å². The van der Waals surface area contributed by atoms with E-state index in [1.165, 1.54) is 6.21 Å². The first-order valence-corrected chi connectivity index (χ1v) is 12.3. The Morgan fingerprint density at radius 2 is 1.50 bits per heavy atom. The average Bonchev–Trinajstić information content (AvgIpc) is 2.93. The van der Waals surface area contributed by atoms with Crippen LogP contribution >= 0.6 is 22.6 Å². The van der Waals surface area contributed by atoms with E-state index in [-0.39, 0.29) is 0 Å². The third-order valence-electron chi connectivity index (χ3n) is 5.57. The summed E-state index contributed by atoms with van der Waals surface area (Å²) in [6, 6.07) is 31.1. The second-order valence-electron chi connectivity index (χ2n) is 7.95. The first-order chi connectivity index (χ1) is 17.5. The molecule has 0 radical (unpaired) electrons. The molecular formula is C29H25IN2O4. The number of benzene rings is 4. The molecule has 0 aliphatic carbocycles. The van der Waals surface area contributed by atoms with Gasteiger partial charge in [0.05, 0.1) is 16.9 Å². The maximum Gasteiger partial charge on any atom is 0.281 e. The van der Waals surface area contributed by atoms with Gasteiger partial charge in [-0.1, -0.05) is 91.0 Å². The molecule has 0 heterocycles. The number of hydrogen-bond donors (Lipinski definition) is 2. The van der Waals surface area contributed by atoms with Gasteiger partial charge in [-0.25, -0.2) is 5.43 Å². The second kappa shape index (κ2) is 11.8. The highest BCUT2D eigenvalue weighted by Gasteiger charge is 2.39. The molecule has 0 unspecified atom stereocenters. The summed E-state index contributed by atoms with van der Waals surface area (Å²) in [7, 11) is 1.57. The van der Waals surface area contributed by atoms with Crippen molar-refractivity contribution in [1.29, 1.82) is 0 Å². The van der Waals surface area contributed by atoms with Crippen molar-refractivity contribution >= 4 is 34.7 Å². The Kier molecular flexibility index (Phi) is 8.35. The third-order valence-corrected chi connectivity index (χ3v) is 6.37. The van der Waals surface area contributed by atoms with Crippen LogP contribution in [0.15, 0.2) is 108 Å². The zero-order valence-corrected chi connectivity index (χ0v) is 21.8. The maximum absolute atomic E-state index is 13.2. The van der Waals surface area contributed by atoms with Gasteiger partial charge in [0.15, 0.2) is 17.1 Å². The molecule has 6 nitrogen and oxygen atoms in total. The number of hydrazone groups is 1. The van der Waals surface area contributed by atoms with E-state index >= 15 is 0 Å². The standard InChI is InChI=1S/C29H25IN2O4/c1-35-26-18-22(17-25(30)27(26)36-20-21-11-5-2-6-12-21)19-31-32-28(33)29(34,23-13-7-3-8-14-23)24-15-9-4-10-16-24/h2-19,34H,20H2,1H3,(H,32,33)/b31-19-. The van der Waals surface area contributed by atoms with Crippen LogP contribution in [0.4, 0.5) is 0 Å². The molecule has 7 heteroatoms. The van der Waals surface area contributed by atoms with E-state index < -0.39 is 11.5 Å². The van der Waals surface area contributed by atoms with E-state index in [0.29, 0.717) is 34.8 Å². The number of halogens is 1. The van der Waals surface area contributed by atoms with Crippen LogP contribution in [0.5, 0.6) is 11.5 Å². The Labute approximate surface area is 223 Å². The molecule has 0 bridgehead atoms. The summed E-state index contributed by atoms with van der Waals surface area (Å²) in [6.07, 6.45) is 1.50. The normalized spacial score (nSPS) is 11.3. The Morgan fingerprint density at radius 3 is 2.06 bits per heavy atom. The van der Waals surface area contributed by atoms with Crippen LogP contribution in [-0.2, 0) is 17.0 Å². The fraction of sp³-hybridized carbons (Fsp3) is 0.103. The second-order valence-corrected chi connectivity index (χ2v) is 9.11. The van der Waals surface area contributed by atoms with Crippen LogP contribution in [0.1, 0.15) is 22.3 Å². The van der Waals surface area contributed by atoms with E-state index in [4.69, 9.17) is 9.47 Å². The number of amides is 1. The molecule has 0 aliphatic heterocycles. The first-order valence-electron chi connectivity index (χ1n) is 11.2. The van der Waals surface area contributed by atoms with Crippen molar-refractivity contribution in [2.24, 2.45) is 5.10 Å². The van der Waals surface area contributed by atoms with Crippen LogP contribution in [0.3, 0.4) is 0 Å². The number of nitrogens with one attached hydrogen (secondary N) is 1. The number of aliphatic hydroxyl groups is 1. The smallest absolute Gasteiger partial charge is 0.281 e. The maximum atomic E-state index is 13.2. The van der Waals surface area contributed by atoms with E-state index in [1.54, 1.807) is 61.7 Å². The third kappa shape index (κ3) is 5.75. The van der Waals surface area contributed by atoms with Crippen LogP contribution in [-0.4, -0.2) is 24.3 Å². The van der Waals surface area contributed by atoms with Gasteiger partial charge in [-0.2, -0.15) is 5.10 Å². The number of carbonyl (C=O) groups is 1. The van der Waals surface area contributed by atoms with E-state index in [1.807, 2.05) is 48.5 Å². The lowest BCUT2D eigenvalue weighted by Gasteiger charge is -2.27. The fourth-order valence-electron chi connectivity index (χ4n) is 3.72. The molecule has 0 saturated heterocycles. The lowest BCUT2D eigenvalue weighted by molar-refractivity contribution is -0.136. The molecule has 0 aliphatic rings. The fourth-order valence-corrected chi connectivity index (χ4v) is 4.50. The quantitative estimate of drug-likeness (QED) is 0.158. The van der Waals surface area contributed by atoms with E-state index in [9.17, 15) is 9.90 Å². The molecule has 0 fully saturated rings. The number of carbonyl (C=O) groups excluding carboxylic acids is 1. The molecule has 4 rings (SSSR count). The molecule has 36 heavy (non-hydrogen) atoms. The lowest BCUT2D eigenvalue weighted by atomic mass is 9.85. The van der Waals surface area contributed by atoms with Crippen molar-refractivity contribution in [3.05, 3.63) is 129 Å². The van der Waals surface area contributed by atoms with Gasteiger partial charge in [-0.15, -0.1) is 0 Å². The number of ether oxygens (including phenoxy) is 2. The van der Waals surface area contributed by atoms with Gasteiger partial charge >= 0.3 is 0 Å². The summed E-state index contributed by atoms with van der Waals surface area (Å²) in [5.74, 6) is 0.516. The van der Waals surface area contributed by atoms with E-state index in [2.05, 4.69) is 33.1 Å². The van der Waals surface area contributed by atoms with Crippen LogP contribution in [0.2, 0.25) is 0 Å². The van der Waals surface area contributed by atoms with Crippen LogP contribution in [0.25, 0.3) is 0 Å². The summed E-state index contributed by atoms with van der Waals surface area (Å²) in [5, 5.41) is 15.6. The molecule has 0 aromatic heterocycles. The van der Waals surface area contributed by atoms with Gasteiger partial charge in [0, 0.05) is 0 Å². The predicted octanol–water partition coefficient (Wildman–Crippen LogP) is 5.27. The van der Waals surface area contributed by atoms with Gasteiger partial charge in [-0.3, -0.25) is 4.79 Å². The Bertz CT molecular complexity index is 1290. The molecule has 0 saturated carbocycles. The summed E-state index contributed by atoms with van der Waals surface area (Å²) in [6.45, 7) is 0.411. The summed E-state index contributed by atoms with van der Waals surface area (Å²) in [4.78, 5) is 13.2. The highest BCUT2D eigenvalue weighted by molar-refractivity contribution is 14.1. The van der Waals surface area contributed by atoms with Crippen molar-refractivity contribution < 1.29 is 19.4 Å². The Morgan fingerprint density at radius 1 is 0.944 bits per heavy atom. The lowest BCUT2D eigenvalue weighted by Crippen LogP contribution is -2.43. The SMILES string of the molecule is COc1cc(/C=N\NC(=O)C(O)(c2ccccc2)c2ccccc2)cc(I)c1OCc1ccccc1. The van der Waals surface area contributed by atoms with Gasteiger partial charge in [-0.05, 0) is 57.0 Å². The van der Waals surface area contributed by atoms with Crippen LogP contribution in [0, 0.1) is 3.57 Å². The summed E-state index contributed by atoms with van der Waals surface area (Å²) >= 11 is 2.18. The van der Waals surface area contributed by atoms with E-state index in [0.717, 1.165) is 9.13 Å². The monoisotopic (exact) mass is 592 g/mol. The minimum absolute atomic E-state index is 0.411. The summed E-state index contributed by atoms with van der Waals surface area (Å²) in [5.41, 5.74) is 3.23. The Balaban J connectivity index is 1.53. The van der Waals surface area contributed by atoms with Gasteiger partial charge < -0.3 is 14.6 Å².